The van der Waals surface area contributed by atoms with Gasteiger partial charge in [-0.15, -0.1) is 0 Å². The first-order valence-electron chi connectivity index (χ1n) is 8.53. The molecule has 0 heterocycles. The van der Waals surface area contributed by atoms with Crippen molar-refractivity contribution in [3.05, 3.63) is 0 Å². The molecule has 4 heteroatoms. The van der Waals surface area contributed by atoms with Crippen LogP contribution >= 0.6 is 0 Å². The predicted octanol–water partition coefficient (Wildman–Crippen LogP) is 4.97. The normalized spacial score (nSPS) is 14.3. The minimum Gasteiger partial charge on any atom is -0.315 e. The summed E-state index contributed by atoms with van der Waals surface area (Å²) in [5.74, 6) is 0. The zero-order valence-corrected chi connectivity index (χ0v) is 14.1. The minimum atomic E-state index is -1.85. The predicted molar refractivity (Wildman–Crippen MR) is 89.1 cm³/mol. The number of rotatable bonds is 15. The molecule has 0 fully saturated rings. The number of hydrogen-bond donors (Lipinski definition) is 2. The molecule has 3 N–H and O–H groups in total. The Balaban J connectivity index is 3.04. The van der Waals surface area contributed by atoms with Crippen molar-refractivity contribution in [3.63, 3.8) is 0 Å². The first kappa shape index (κ1) is 20.1. The molecule has 0 rings (SSSR count). The van der Waals surface area contributed by atoms with Crippen LogP contribution < -0.4 is 5.73 Å². The van der Waals surface area contributed by atoms with Crippen LogP contribution in [0.4, 0.5) is 0 Å². The fourth-order valence-corrected chi connectivity index (χ4v) is 2.83. The summed E-state index contributed by atoms with van der Waals surface area (Å²) in [7, 11) is 0. The summed E-state index contributed by atoms with van der Waals surface area (Å²) < 4.78 is 19.4. The molecule has 2 unspecified atom stereocenters. The van der Waals surface area contributed by atoms with Gasteiger partial charge in [0.25, 0.3) is 0 Å². The van der Waals surface area contributed by atoms with Gasteiger partial charge < -0.3 is 10.3 Å². The Morgan fingerprint density at radius 1 is 0.800 bits per heavy atom. The van der Waals surface area contributed by atoms with Crippen molar-refractivity contribution >= 4 is 11.1 Å². The van der Waals surface area contributed by atoms with E-state index >= 15 is 0 Å². The van der Waals surface area contributed by atoms with Crippen molar-refractivity contribution in [2.45, 2.75) is 102 Å². The second-order valence-corrected chi connectivity index (χ2v) is 7.00. The lowest BCUT2D eigenvalue weighted by Gasteiger charge is -2.06. The highest BCUT2D eigenvalue weighted by Gasteiger charge is 2.07. The maximum absolute atomic E-state index is 10.6. The van der Waals surface area contributed by atoms with Crippen LogP contribution in [0, 0.1) is 0 Å². The van der Waals surface area contributed by atoms with Crippen LogP contribution in [0.3, 0.4) is 0 Å². The van der Waals surface area contributed by atoms with Crippen LogP contribution in [0.1, 0.15) is 96.8 Å². The van der Waals surface area contributed by atoms with Gasteiger partial charge in [0.05, 0.1) is 0 Å². The van der Waals surface area contributed by atoms with Crippen LogP contribution in [0.5, 0.6) is 0 Å². The van der Waals surface area contributed by atoms with Crippen LogP contribution in [0.2, 0.25) is 0 Å². The molecule has 2 atom stereocenters. The summed E-state index contributed by atoms with van der Waals surface area (Å²) in [6.07, 6.45) is 17.8. The molecule has 0 aliphatic heterocycles. The third-order valence-corrected chi connectivity index (χ3v) is 4.60. The van der Waals surface area contributed by atoms with Gasteiger partial charge in [-0.2, -0.15) is 0 Å². The molecule has 0 bridgehead atoms. The van der Waals surface area contributed by atoms with E-state index in [1.165, 1.54) is 70.6 Å². The Hall–Kier alpha value is 0.0700. The summed E-state index contributed by atoms with van der Waals surface area (Å²) in [5.41, 5.74) is 5.51. The van der Waals surface area contributed by atoms with E-state index in [4.69, 9.17) is 10.3 Å². The van der Waals surface area contributed by atoms with Crippen LogP contribution in [0.25, 0.3) is 0 Å². The fourth-order valence-electron chi connectivity index (χ4n) is 2.46. The zero-order chi connectivity index (χ0) is 15.1. The molecular weight excluding hydrogens is 270 g/mol. The molecule has 0 aromatic carbocycles. The van der Waals surface area contributed by atoms with E-state index in [1.807, 2.05) is 0 Å². The van der Waals surface area contributed by atoms with E-state index < -0.39 is 16.5 Å². The van der Waals surface area contributed by atoms with Gasteiger partial charge in [0.15, 0.2) is 11.1 Å². The number of unbranched alkanes of at least 4 members (excludes halogenated alkanes) is 12. The zero-order valence-electron chi connectivity index (χ0n) is 13.3. The van der Waals surface area contributed by atoms with Crippen molar-refractivity contribution in [3.8, 4) is 0 Å². The van der Waals surface area contributed by atoms with Crippen molar-refractivity contribution < 1.29 is 8.76 Å². The Morgan fingerprint density at radius 3 is 1.50 bits per heavy atom. The van der Waals surface area contributed by atoms with E-state index in [1.54, 1.807) is 0 Å². The van der Waals surface area contributed by atoms with Gasteiger partial charge in [0.2, 0.25) is 0 Å². The van der Waals surface area contributed by atoms with Gasteiger partial charge in [0, 0.05) is 0 Å². The topological polar surface area (TPSA) is 63.3 Å². The van der Waals surface area contributed by atoms with Gasteiger partial charge in [-0.1, -0.05) is 90.4 Å². The second kappa shape index (κ2) is 15.5. The highest BCUT2D eigenvalue weighted by Crippen LogP contribution is 2.13. The van der Waals surface area contributed by atoms with Gasteiger partial charge >= 0.3 is 0 Å². The van der Waals surface area contributed by atoms with Crippen LogP contribution in [0.15, 0.2) is 0 Å². The SMILES string of the molecule is CCCCCCCCCCCCCCCC(N)S(=O)O. The number of nitrogens with two attached hydrogens (primary N) is 1. The molecule has 3 nitrogen and oxygen atoms in total. The Morgan fingerprint density at radius 2 is 1.15 bits per heavy atom. The molecule has 20 heavy (non-hydrogen) atoms. The van der Waals surface area contributed by atoms with Crippen molar-refractivity contribution in [1.82, 2.24) is 0 Å². The average molecular weight is 306 g/mol. The van der Waals surface area contributed by atoms with Crippen LogP contribution in [-0.2, 0) is 11.1 Å². The highest BCUT2D eigenvalue weighted by atomic mass is 32.2. The third kappa shape index (κ3) is 14.5. The van der Waals surface area contributed by atoms with Gasteiger partial charge in [-0.25, -0.2) is 4.21 Å². The van der Waals surface area contributed by atoms with E-state index in [0.29, 0.717) is 6.42 Å². The smallest absolute Gasteiger partial charge is 0.170 e. The summed E-state index contributed by atoms with van der Waals surface area (Å²) in [6.45, 7) is 2.26. The summed E-state index contributed by atoms with van der Waals surface area (Å²) in [6, 6.07) is 0. The molecular formula is C16H35NO2S. The van der Waals surface area contributed by atoms with E-state index in [0.717, 1.165) is 12.8 Å². The summed E-state index contributed by atoms with van der Waals surface area (Å²) >= 11 is -1.85. The molecule has 0 spiro atoms. The standard InChI is InChI=1S/C16H35NO2S/c1-2-3-4-5-6-7-8-9-10-11-12-13-14-15-16(17)20(18)19/h16H,2-15,17H2,1H3,(H,18,19). The molecule has 0 aromatic heterocycles. The lowest BCUT2D eigenvalue weighted by Crippen LogP contribution is -2.24. The van der Waals surface area contributed by atoms with Gasteiger partial charge in [-0.3, -0.25) is 0 Å². The summed E-state index contributed by atoms with van der Waals surface area (Å²) in [4.78, 5) is 0. The second-order valence-electron chi connectivity index (χ2n) is 5.85. The molecule has 0 amide bonds. The van der Waals surface area contributed by atoms with Gasteiger partial charge in [-0.05, 0) is 6.42 Å². The maximum atomic E-state index is 10.6. The quantitative estimate of drug-likeness (QED) is 0.331. The van der Waals surface area contributed by atoms with Crippen molar-refractivity contribution in [2.75, 3.05) is 0 Å². The molecule has 0 saturated heterocycles. The lowest BCUT2D eigenvalue weighted by atomic mass is 10.0. The highest BCUT2D eigenvalue weighted by molar-refractivity contribution is 7.79. The average Bonchev–Trinajstić information content (AvgIpc) is 2.43. The molecule has 0 aliphatic rings. The Labute approximate surface area is 128 Å². The third-order valence-electron chi connectivity index (χ3n) is 3.85. The van der Waals surface area contributed by atoms with Crippen molar-refractivity contribution in [1.29, 1.82) is 0 Å². The number of hydrogen-bond acceptors (Lipinski definition) is 2. The Kier molecular flexibility index (Phi) is 15.5. The van der Waals surface area contributed by atoms with Crippen molar-refractivity contribution in [2.24, 2.45) is 5.73 Å². The first-order chi connectivity index (χ1) is 9.68. The first-order valence-corrected chi connectivity index (χ1v) is 9.70. The molecule has 0 radical (unpaired) electrons. The molecule has 0 saturated carbocycles. The molecule has 122 valence electrons. The summed E-state index contributed by atoms with van der Waals surface area (Å²) in [5, 5.41) is -0.553. The lowest BCUT2D eigenvalue weighted by molar-refractivity contribution is 0.518. The van der Waals surface area contributed by atoms with E-state index in [9.17, 15) is 4.21 Å². The maximum Gasteiger partial charge on any atom is 0.170 e. The van der Waals surface area contributed by atoms with E-state index in [-0.39, 0.29) is 0 Å². The fraction of sp³-hybridized carbons (Fsp3) is 1.00. The molecule has 0 aliphatic carbocycles. The van der Waals surface area contributed by atoms with Crippen LogP contribution in [-0.4, -0.2) is 14.1 Å². The van der Waals surface area contributed by atoms with E-state index in [2.05, 4.69) is 6.92 Å². The monoisotopic (exact) mass is 305 g/mol. The largest absolute Gasteiger partial charge is 0.315 e. The molecule has 0 aromatic rings. The Bertz CT molecular complexity index is 225. The van der Waals surface area contributed by atoms with Gasteiger partial charge in [0.1, 0.15) is 5.37 Å². The minimum absolute atomic E-state index is 0.553.